The second-order valence-electron chi connectivity index (χ2n) is 8.75. The highest BCUT2D eigenvalue weighted by Gasteiger charge is 2.19. The van der Waals surface area contributed by atoms with Gasteiger partial charge in [0.05, 0.1) is 0 Å². The summed E-state index contributed by atoms with van der Waals surface area (Å²) < 4.78 is 0. The maximum Gasteiger partial charge on any atom is 0.116 e. The Morgan fingerprint density at radius 2 is 1.63 bits per heavy atom. The standard InChI is InChI=1S/C16H16NP.C14H23N.C2H2O.C2H6/c1-3-16(12(2)17)14-8-6-13(7-9-14)15-5-4-10-18-11-15;1-11(2)14(10-15-4)12(3)13-8-6-5-7-9-13;1-2-3;1-2/h3-11H,1,17H2,2H3;10,13,15H,1,3,5-9H2,2,4H3;1H2;1-2H3/b16-12+;14-10-;;. The van der Waals surface area contributed by atoms with Gasteiger partial charge >= 0.3 is 0 Å². The van der Waals surface area contributed by atoms with Crippen molar-refractivity contribution in [3.05, 3.63) is 115 Å². The van der Waals surface area contributed by atoms with Gasteiger partial charge in [-0.3, -0.25) is 0 Å². The molecule has 1 aromatic carbocycles. The number of benzene rings is 1. The molecule has 0 amide bonds. The molecule has 0 radical (unpaired) electrons. The van der Waals surface area contributed by atoms with E-state index in [1.54, 1.807) is 6.08 Å². The van der Waals surface area contributed by atoms with E-state index in [2.05, 4.69) is 86.6 Å². The monoisotopic (exact) mass is 530 g/mol. The van der Waals surface area contributed by atoms with E-state index in [9.17, 15) is 0 Å². The molecule has 1 fully saturated rings. The lowest BCUT2D eigenvalue weighted by molar-refractivity contribution is 0.407. The summed E-state index contributed by atoms with van der Waals surface area (Å²) in [6, 6.07) is 12.6. The first-order valence-corrected chi connectivity index (χ1v) is 14.3. The second-order valence-corrected chi connectivity index (χ2v) is 9.61. The minimum atomic E-state index is 0.676. The summed E-state index contributed by atoms with van der Waals surface area (Å²) in [4.78, 5) is 8.57. The van der Waals surface area contributed by atoms with E-state index in [0.717, 1.165) is 22.4 Å². The molecule has 4 heteroatoms. The molecule has 3 rings (SSSR count). The fourth-order valence-corrected chi connectivity index (χ4v) is 4.85. The lowest BCUT2D eigenvalue weighted by Gasteiger charge is -2.25. The number of hydrogen-bond donors (Lipinski definition) is 2. The zero-order valence-electron chi connectivity index (χ0n) is 24.1. The number of nitrogens with one attached hydrogen (secondary N) is 1. The normalized spacial score (nSPS) is 13.6. The molecule has 3 nitrogen and oxygen atoms in total. The lowest BCUT2D eigenvalue weighted by Crippen LogP contribution is -2.12. The molecule has 0 atom stereocenters. The molecule has 1 aliphatic carbocycles. The number of allylic oxidation sites excluding steroid dienone is 6. The SMILES string of the molecule is C=C(C)/C(=C/NC)C(=C)C1CCCCC1.C=C/C(=C(/C)N)c1ccc(-c2cccpc2)cc1.C=C=O.CC. The Bertz CT molecular complexity index is 1080. The highest BCUT2D eigenvalue weighted by Crippen LogP contribution is 2.34. The highest BCUT2D eigenvalue weighted by atomic mass is 31.0. The van der Waals surface area contributed by atoms with Crippen molar-refractivity contribution in [1.29, 1.82) is 0 Å². The lowest BCUT2D eigenvalue weighted by atomic mass is 9.80. The van der Waals surface area contributed by atoms with Crippen LogP contribution in [0.25, 0.3) is 16.7 Å². The van der Waals surface area contributed by atoms with Gasteiger partial charge < -0.3 is 11.1 Å². The van der Waals surface area contributed by atoms with Crippen molar-refractivity contribution in [3.63, 3.8) is 0 Å². The van der Waals surface area contributed by atoms with Crippen LogP contribution in [0.5, 0.6) is 0 Å². The minimum absolute atomic E-state index is 0.676. The Labute approximate surface area is 233 Å². The summed E-state index contributed by atoms with van der Waals surface area (Å²) in [6.07, 6.45) is 10.5. The van der Waals surface area contributed by atoms with E-state index < -0.39 is 0 Å². The number of hydrogen-bond acceptors (Lipinski definition) is 3. The van der Waals surface area contributed by atoms with Crippen LogP contribution in [0, 0.1) is 5.92 Å². The van der Waals surface area contributed by atoms with E-state index in [0.29, 0.717) is 5.92 Å². The summed E-state index contributed by atoms with van der Waals surface area (Å²) in [5, 5.41) is 3.09. The van der Waals surface area contributed by atoms with Crippen LogP contribution in [0.2, 0.25) is 0 Å². The van der Waals surface area contributed by atoms with E-state index >= 15 is 0 Å². The summed E-state index contributed by atoms with van der Waals surface area (Å²) in [6.45, 7) is 22.7. The summed E-state index contributed by atoms with van der Waals surface area (Å²) in [7, 11) is 3.17. The third-order valence-corrected chi connectivity index (χ3v) is 6.78. The Morgan fingerprint density at radius 1 is 1.05 bits per heavy atom. The molecule has 1 aliphatic rings. The molecule has 3 N–H and O–H groups in total. The largest absolute Gasteiger partial charge is 0.402 e. The average Bonchev–Trinajstić information content (AvgIpc) is 2.94. The van der Waals surface area contributed by atoms with Gasteiger partial charge in [0, 0.05) is 18.9 Å². The first kappa shape index (κ1) is 34.6. The summed E-state index contributed by atoms with van der Waals surface area (Å²) in [5.74, 6) is 6.25. The fourth-order valence-electron chi connectivity index (χ4n) is 4.19. The molecule has 0 saturated heterocycles. The third-order valence-electron chi connectivity index (χ3n) is 6.01. The highest BCUT2D eigenvalue weighted by molar-refractivity contribution is 7.28. The van der Waals surface area contributed by atoms with Crippen LogP contribution in [-0.2, 0) is 4.79 Å². The number of rotatable bonds is 7. The predicted molar refractivity (Wildman–Crippen MR) is 172 cm³/mol. The van der Waals surface area contributed by atoms with Crippen LogP contribution in [0.3, 0.4) is 0 Å². The average molecular weight is 531 g/mol. The molecule has 0 aliphatic heterocycles. The Hall–Kier alpha value is -3.38. The van der Waals surface area contributed by atoms with Crippen molar-refractivity contribution in [2.24, 2.45) is 11.7 Å². The van der Waals surface area contributed by atoms with Crippen LogP contribution >= 0.6 is 8.19 Å². The molecule has 38 heavy (non-hydrogen) atoms. The Kier molecular flexibility index (Phi) is 18.8. The van der Waals surface area contributed by atoms with Crippen molar-refractivity contribution >= 4 is 19.7 Å². The molecular weight excluding hydrogens is 483 g/mol. The maximum absolute atomic E-state index is 8.57. The van der Waals surface area contributed by atoms with Gasteiger partial charge in [0.25, 0.3) is 0 Å². The zero-order valence-corrected chi connectivity index (χ0v) is 25.0. The van der Waals surface area contributed by atoms with Crippen LogP contribution in [0.15, 0.2) is 109 Å². The second kappa shape index (κ2) is 20.7. The van der Waals surface area contributed by atoms with Gasteiger partial charge in [-0.1, -0.05) is 104 Å². The summed E-state index contributed by atoms with van der Waals surface area (Å²) >= 11 is 0. The van der Waals surface area contributed by atoms with Crippen molar-refractivity contribution in [1.82, 2.24) is 5.32 Å². The van der Waals surface area contributed by atoms with E-state index in [1.807, 2.05) is 34.0 Å². The van der Waals surface area contributed by atoms with Crippen LogP contribution in [-0.4, -0.2) is 13.0 Å². The van der Waals surface area contributed by atoms with Crippen molar-refractivity contribution in [2.45, 2.75) is 59.8 Å². The Balaban J connectivity index is 0.000000624. The van der Waals surface area contributed by atoms with Crippen LogP contribution in [0.4, 0.5) is 0 Å². The zero-order chi connectivity index (χ0) is 28.9. The topological polar surface area (TPSA) is 55.1 Å². The number of carbonyl (C=O) groups excluding carboxylic acids is 1. The van der Waals surface area contributed by atoms with E-state index in [1.165, 1.54) is 68.5 Å². The molecule has 0 unspecified atom stereocenters. The molecule has 0 spiro atoms. The van der Waals surface area contributed by atoms with Crippen molar-refractivity contribution < 1.29 is 4.79 Å². The summed E-state index contributed by atoms with van der Waals surface area (Å²) in [5.41, 5.74) is 14.8. The fraction of sp³-hybridized carbons (Fsp3) is 0.324. The quantitative estimate of drug-likeness (QED) is 0.277. The molecule has 2 aromatic rings. The van der Waals surface area contributed by atoms with Gasteiger partial charge in [0.15, 0.2) is 0 Å². The Morgan fingerprint density at radius 3 is 2.05 bits per heavy atom. The smallest absolute Gasteiger partial charge is 0.116 e. The van der Waals surface area contributed by atoms with Crippen LogP contribution < -0.4 is 11.1 Å². The molecule has 0 bridgehead atoms. The van der Waals surface area contributed by atoms with Crippen molar-refractivity contribution in [2.75, 3.05) is 7.05 Å². The van der Waals surface area contributed by atoms with Gasteiger partial charge in [-0.2, -0.15) is 0 Å². The van der Waals surface area contributed by atoms with Gasteiger partial charge in [-0.15, -0.1) is 0 Å². The maximum atomic E-state index is 8.57. The van der Waals surface area contributed by atoms with E-state index in [-0.39, 0.29) is 0 Å². The molecule has 204 valence electrons. The van der Waals surface area contributed by atoms with E-state index in [4.69, 9.17) is 10.5 Å². The van der Waals surface area contributed by atoms with Gasteiger partial charge in [-0.25, -0.2) is 4.79 Å². The molecule has 1 saturated carbocycles. The van der Waals surface area contributed by atoms with Gasteiger partial charge in [0.2, 0.25) is 0 Å². The molecular formula is C34H47N2OP. The van der Waals surface area contributed by atoms with Crippen LogP contribution in [0.1, 0.15) is 65.4 Å². The van der Waals surface area contributed by atoms with Gasteiger partial charge in [-0.05, 0) is 89.8 Å². The number of nitrogens with two attached hydrogens (primary N) is 1. The van der Waals surface area contributed by atoms with Crippen molar-refractivity contribution in [3.8, 4) is 11.1 Å². The minimum Gasteiger partial charge on any atom is -0.402 e. The first-order chi connectivity index (χ1) is 18.3. The predicted octanol–water partition coefficient (Wildman–Crippen LogP) is 9.64. The van der Waals surface area contributed by atoms with Gasteiger partial charge in [0.1, 0.15) is 5.94 Å². The molecule has 1 heterocycles. The third kappa shape index (κ3) is 12.2. The molecule has 1 aromatic heterocycles. The first-order valence-electron chi connectivity index (χ1n) is 13.3.